The number of likely N-dealkylation sites (tertiary alicyclic amines) is 1. The molecule has 1 fully saturated rings. The van der Waals surface area contributed by atoms with Crippen LogP contribution in [0.3, 0.4) is 0 Å². The molecule has 1 aliphatic rings. The summed E-state index contributed by atoms with van der Waals surface area (Å²) in [7, 11) is 1.39. The summed E-state index contributed by atoms with van der Waals surface area (Å²) in [6.45, 7) is 2.90. The van der Waals surface area contributed by atoms with Gasteiger partial charge in [0, 0.05) is 18.2 Å². The van der Waals surface area contributed by atoms with E-state index in [1.807, 2.05) is 13.0 Å². The Morgan fingerprint density at radius 2 is 2.12 bits per heavy atom. The minimum Gasteiger partial charge on any atom is -0.494 e. The molecule has 0 unspecified atom stereocenters. The zero-order valence-electron chi connectivity index (χ0n) is 14.2. The Balaban J connectivity index is 1.67. The van der Waals surface area contributed by atoms with Gasteiger partial charge in [-0.05, 0) is 44.0 Å². The minimum atomic E-state index is -0.548. The molecule has 0 N–H and O–H groups in total. The average molecular weight is 345 g/mol. The van der Waals surface area contributed by atoms with E-state index in [1.54, 1.807) is 17.0 Å². The highest BCUT2D eigenvalue weighted by atomic mass is 19.1. The van der Waals surface area contributed by atoms with Gasteiger partial charge in [0.1, 0.15) is 6.10 Å². The summed E-state index contributed by atoms with van der Waals surface area (Å²) >= 11 is 0. The maximum Gasteiger partial charge on any atom is 0.254 e. The molecule has 7 heteroatoms. The minimum absolute atomic E-state index is 0.120. The van der Waals surface area contributed by atoms with Gasteiger partial charge < -0.3 is 14.4 Å². The molecule has 0 saturated carbocycles. The van der Waals surface area contributed by atoms with Crippen molar-refractivity contribution in [1.82, 2.24) is 15.1 Å². The van der Waals surface area contributed by atoms with Gasteiger partial charge in [-0.15, -0.1) is 5.10 Å². The number of aryl methyl sites for hydroxylation is 1. The highest BCUT2D eigenvalue weighted by Gasteiger charge is 2.26. The number of piperidine rings is 1. The van der Waals surface area contributed by atoms with E-state index in [-0.39, 0.29) is 17.8 Å². The van der Waals surface area contributed by atoms with E-state index < -0.39 is 5.82 Å². The van der Waals surface area contributed by atoms with Crippen LogP contribution in [0.2, 0.25) is 0 Å². The molecule has 1 atom stereocenters. The van der Waals surface area contributed by atoms with Gasteiger partial charge in [0.05, 0.1) is 19.3 Å². The van der Waals surface area contributed by atoms with Crippen LogP contribution in [-0.2, 0) is 0 Å². The van der Waals surface area contributed by atoms with E-state index in [9.17, 15) is 9.18 Å². The van der Waals surface area contributed by atoms with Crippen LogP contribution in [0.25, 0.3) is 0 Å². The van der Waals surface area contributed by atoms with Crippen LogP contribution in [0, 0.1) is 12.7 Å². The van der Waals surface area contributed by atoms with E-state index >= 15 is 0 Å². The number of rotatable bonds is 4. The van der Waals surface area contributed by atoms with Crippen LogP contribution < -0.4 is 9.47 Å². The van der Waals surface area contributed by atoms with Gasteiger partial charge in [-0.2, -0.15) is 5.10 Å². The molecule has 25 heavy (non-hydrogen) atoms. The number of carbonyl (C=O) groups is 1. The van der Waals surface area contributed by atoms with Crippen molar-refractivity contribution in [3.8, 4) is 11.6 Å². The molecule has 2 aromatic rings. The highest BCUT2D eigenvalue weighted by molar-refractivity contribution is 5.94. The maximum absolute atomic E-state index is 13.8. The summed E-state index contributed by atoms with van der Waals surface area (Å²) in [4.78, 5) is 14.3. The first-order chi connectivity index (χ1) is 12.1. The van der Waals surface area contributed by atoms with E-state index in [0.29, 0.717) is 24.5 Å². The molecule has 0 aliphatic carbocycles. The lowest BCUT2D eigenvalue weighted by molar-refractivity contribution is 0.0525. The van der Waals surface area contributed by atoms with Crippen LogP contribution in [-0.4, -0.2) is 47.3 Å². The van der Waals surface area contributed by atoms with Crippen molar-refractivity contribution >= 4 is 5.91 Å². The van der Waals surface area contributed by atoms with Crippen molar-refractivity contribution in [2.24, 2.45) is 0 Å². The Labute approximate surface area is 145 Å². The Kier molecular flexibility index (Phi) is 5.11. The van der Waals surface area contributed by atoms with Gasteiger partial charge >= 0.3 is 0 Å². The van der Waals surface area contributed by atoms with Crippen LogP contribution in [0.4, 0.5) is 4.39 Å². The number of methoxy groups -OCH3 is 1. The lowest BCUT2D eigenvalue weighted by atomic mass is 10.1. The molecular weight excluding hydrogens is 325 g/mol. The standard InChI is InChI=1S/C18H20FN3O3/c1-12-5-8-17(21-20-12)25-14-4-3-9-22(11-14)18(23)13-6-7-16(24-2)15(19)10-13/h5-8,10,14H,3-4,9,11H2,1-2H3/t14-/m0/s1. The van der Waals surface area contributed by atoms with Crippen LogP contribution in [0.1, 0.15) is 28.9 Å². The van der Waals surface area contributed by atoms with Crippen LogP contribution in [0.15, 0.2) is 30.3 Å². The van der Waals surface area contributed by atoms with E-state index in [2.05, 4.69) is 10.2 Å². The van der Waals surface area contributed by atoms with Gasteiger partial charge in [0.2, 0.25) is 5.88 Å². The summed E-state index contributed by atoms with van der Waals surface area (Å²) < 4.78 is 24.5. The molecule has 1 saturated heterocycles. The number of hydrogen-bond donors (Lipinski definition) is 0. The second-order valence-corrected chi connectivity index (χ2v) is 6.00. The van der Waals surface area contributed by atoms with E-state index in [4.69, 9.17) is 9.47 Å². The molecule has 0 spiro atoms. The summed E-state index contributed by atoms with van der Waals surface area (Å²) in [5, 5.41) is 7.96. The summed E-state index contributed by atoms with van der Waals surface area (Å²) in [5.41, 5.74) is 1.11. The van der Waals surface area contributed by atoms with Crippen LogP contribution in [0.5, 0.6) is 11.6 Å². The molecule has 3 rings (SSSR count). The zero-order chi connectivity index (χ0) is 17.8. The summed E-state index contributed by atoms with van der Waals surface area (Å²) in [6.07, 6.45) is 1.49. The third kappa shape index (κ3) is 4.04. The van der Waals surface area contributed by atoms with Crippen molar-refractivity contribution in [2.75, 3.05) is 20.2 Å². The average Bonchev–Trinajstić information content (AvgIpc) is 2.63. The van der Waals surface area contributed by atoms with Crippen molar-refractivity contribution in [3.05, 3.63) is 47.4 Å². The number of nitrogens with zero attached hydrogens (tertiary/aromatic N) is 3. The Morgan fingerprint density at radius 1 is 1.28 bits per heavy atom. The van der Waals surface area contributed by atoms with Crippen LogP contribution >= 0.6 is 0 Å². The van der Waals surface area contributed by atoms with Crippen molar-refractivity contribution in [3.63, 3.8) is 0 Å². The number of benzene rings is 1. The number of ether oxygens (including phenoxy) is 2. The molecule has 0 bridgehead atoms. The first-order valence-electron chi connectivity index (χ1n) is 8.16. The summed E-state index contributed by atoms with van der Waals surface area (Å²) in [5.74, 6) is -0.201. The predicted molar refractivity (Wildman–Crippen MR) is 89.3 cm³/mol. The lowest BCUT2D eigenvalue weighted by Crippen LogP contribution is -2.44. The third-order valence-electron chi connectivity index (χ3n) is 4.12. The zero-order valence-corrected chi connectivity index (χ0v) is 14.2. The fraction of sp³-hybridized carbons (Fsp3) is 0.389. The van der Waals surface area contributed by atoms with Gasteiger partial charge in [-0.1, -0.05) is 0 Å². The maximum atomic E-state index is 13.8. The van der Waals surface area contributed by atoms with Gasteiger partial charge in [-0.25, -0.2) is 4.39 Å². The van der Waals surface area contributed by atoms with Gasteiger partial charge in [0.25, 0.3) is 5.91 Å². The lowest BCUT2D eigenvalue weighted by Gasteiger charge is -2.32. The number of halogens is 1. The van der Waals surface area contributed by atoms with Crippen molar-refractivity contribution < 1.29 is 18.7 Å². The molecule has 1 aliphatic heterocycles. The van der Waals surface area contributed by atoms with E-state index in [1.165, 1.54) is 19.2 Å². The molecular formula is C18H20FN3O3. The number of carbonyl (C=O) groups excluding carboxylic acids is 1. The quantitative estimate of drug-likeness (QED) is 0.852. The largest absolute Gasteiger partial charge is 0.494 e. The van der Waals surface area contributed by atoms with E-state index in [0.717, 1.165) is 18.5 Å². The van der Waals surface area contributed by atoms with Crippen molar-refractivity contribution in [2.45, 2.75) is 25.9 Å². The number of aromatic nitrogens is 2. The summed E-state index contributed by atoms with van der Waals surface area (Å²) in [6, 6.07) is 7.83. The fourth-order valence-corrected chi connectivity index (χ4v) is 2.82. The molecule has 1 aromatic carbocycles. The first-order valence-corrected chi connectivity index (χ1v) is 8.16. The molecule has 6 nitrogen and oxygen atoms in total. The Bertz CT molecular complexity index is 752. The molecule has 1 amide bonds. The Hall–Kier alpha value is -2.70. The fourth-order valence-electron chi connectivity index (χ4n) is 2.82. The second kappa shape index (κ2) is 7.46. The Morgan fingerprint density at radius 3 is 2.80 bits per heavy atom. The predicted octanol–water partition coefficient (Wildman–Crippen LogP) is 2.62. The molecule has 132 valence electrons. The monoisotopic (exact) mass is 345 g/mol. The van der Waals surface area contributed by atoms with Crippen molar-refractivity contribution in [1.29, 1.82) is 0 Å². The van der Waals surface area contributed by atoms with Gasteiger partial charge in [-0.3, -0.25) is 4.79 Å². The number of hydrogen-bond acceptors (Lipinski definition) is 5. The topological polar surface area (TPSA) is 64.5 Å². The highest BCUT2D eigenvalue weighted by Crippen LogP contribution is 2.21. The smallest absolute Gasteiger partial charge is 0.254 e. The molecule has 2 heterocycles. The third-order valence-corrected chi connectivity index (χ3v) is 4.12. The second-order valence-electron chi connectivity index (χ2n) is 6.00. The normalized spacial score (nSPS) is 17.2. The van der Waals surface area contributed by atoms with Gasteiger partial charge in [0.15, 0.2) is 11.6 Å². The molecule has 1 aromatic heterocycles. The molecule has 0 radical (unpaired) electrons. The SMILES string of the molecule is COc1ccc(C(=O)N2CCC[C@H](Oc3ccc(C)nn3)C2)cc1F. The first kappa shape index (κ1) is 17.1. The number of amides is 1.